The van der Waals surface area contributed by atoms with Crippen LogP contribution in [0.25, 0.3) is 0 Å². The molecule has 0 saturated carbocycles. The van der Waals surface area contributed by atoms with Crippen molar-refractivity contribution in [2.75, 3.05) is 20.3 Å². The Morgan fingerprint density at radius 1 is 1.12 bits per heavy atom. The molecular formula is C18H36O6. The SMILES string of the molecule is C/C=C\C(C)CC(C)OC1OC(CCO)C(O)C1CCCO.CO. The third-order valence-corrected chi connectivity index (χ3v) is 4.18. The average molecular weight is 348 g/mol. The van der Waals surface area contributed by atoms with Gasteiger partial charge in [-0.25, -0.2) is 0 Å². The molecule has 0 radical (unpaired) electrons. The van der Waals surface area contributed by atoms with E-state index in [9.17, 15) is 5.11 Å². The standard InChI is InChI=1S/C17H32O5.CH4O/c1-4-6-12(2)11-13(3)21-17-14(7-5-9-18)16(20)15(22-17)8-10-19;1-2/h4,6,12-20H,5,7-11H2,1-3H3;2H,1H3/b6-4-;. The van der Waals surface area contributed by atoms with Gasteiger partial charge in [0.2, 0.25) is 0 Å². The second-order valence-corrected chi connectivity index (χ2v) is 6.26. The molecule has 1 saturated heterocycles. The lowest BCUT2D eigenvalue weighted by atomic mass is 9.94. The molecule has 1 aliphatic rings. The summed E-state index contributed by atoms with van der Waals surface area (Å²) in [5.74, 6) is 0.277. The Morgan fingerprint density at radius 2 is 1.79 bits per heavy atom. The molecule has 0 bridgehead atoms. The summed E-state index contributed by atoms with van der Waals surface area (Å²) in [5.41, 5.74) is 0. The molecule has 0 spiro atoms. The monoisotopic (exact) mass is 348 g/mol. The van der Waals surface area contributed by atoms with E-state index in [1.165, 1.54) is 0 Å². The Hall–Kier alpha value is -0.500. The lowest BCUT2D eigenvalue weighted by Crippen LogP contribution is -2.31. The molecule has 0 amide bonds. The van der Waals surface area contributed by atoms with Gasteiger partial charge in [-0.05, 0) is 45.4 Å². The molecule has 24 heavy (non-hydrogen) atoms. The summed E-state index contributed by atoms with van der Waals surface area (Å²) in [6.45, 7) is 6.23. The molecule has 1 fully saturated rings. The minimum Gasteiger partial charge on any atom is -0.400 e. The van der Waals surface area contributed by atoms with Crippen LogP contribution < -0.4 is 0 Å². The predicted octanol–water partition coefficient (Wildman–Crippen LogP) is 1.46. The molecular weight excluding hydrogens is 312 g/mol. The van der Waals surface area contributed by atoms with E-state index in [2.05, 4.69) is 13.0 Å². The average Bonchev–Trinajstić information content (AvgIpc) is 2.83. The number of ether oxygens (including phenoxy) is 2. The van der Waals surface area contributed by atoms with E-state index in [4.69, 9.17) is 24.8 Å². The van der Waals surface area contributed by atoms with Crippen LogP contribution in [0.15, 0.2) is 12.2 Å². The smallest absolute Gasteiger partial charge is 0.163 e. The third-order valence-electron chi connectivity index (χ3n) is 4.18. The molecule has 0 aromatic carbocycles. The van der Waals surface area contributed by atoms with Gasteiger partial charge in [-0.1, -0.05) is 19.1 Å². The molecule has 6 nitrogen and oxygen atoms in total. The fraction of sp³-hybridized carbons (Fsp3) is 0.889. The first-order valence-electron chi connectivity index (χ1n) is 8.81. The van der Waals surface area contributed by atoms with Gasteiger partial charge in [0.25, 0.3) is 0 Å². The Kier molecular flexibility index (Phi) is 13.5. The Balaban J connectivity index is 0.00000254. The summed E-state index contributed by atoms with van der Waals surface area (Å²) < 4.78 is 11.8. The first-order valence-corrected chi connectivity index (χ1v) is 8.81. The van der Waals surface area contributed by atoms with Crippen LogP contribution in [0.2, 0.25) is 0 Å². The molecule has 6 heteroatoms. The summed E-state index contributed by atoms with van der Waals surface area (Å²) in [6, 6.07) is 0. The van der Waals surface area contributed by atoms with Crippen LogP contribution in [0.3, 0.4) is 0 Å². The van der Waals surface area contributed by atoms with Gasteiger partial charge in [-0.3, -0.25) is 0 Å². The summed E-state index contributed by atoms with van der Waals surface area (Å²) >= 11 is 0. The van der Waals surface area contributed by atoms with E-state index in [0.29, 0.717) is 25.2 Å². The fourth-order valence-corrected chi connectivity index (χ4v) is 3.14. The molecule has 1 aliphatic heterocycles. The van der Waals surface area contributed by atoms with Crippen LogP contribution in [-0.4, -0.2) is 65.4 Å². The van der Waals surface area contributed by atoms with E-state index < -0.39 is 12.4 Å². The summed E-state index contributed by atoms with van der Waals surface area (Å²) in [4.78, 5) is 0. The summed E-state index contributed by atoms with van der Waals surface area (Å²) in [6.07, 6.45) is 5.25. The van der Waals surface area contributed by atoms with Crippen molar-refractivity contribution in [1.29, 1.82) is 0 Å². The van der Waals surface area contributed by atoms with Gasteiger partial charge < -0.3 is 29.9 Å². The molecule has 6 atom stereocenters. The number of rotatable bonds is 10. The Labute approximate surface area is 146 Å². The zero-order chi connectivity index (χ0) is 18.5. The van der Waals surface area contributed by atoms with Gasteiger partial charge in [0, 0.05) is 26.2 Å². The predicted molar refractivity (Wildman–Crippen MR) is 93.5 cm³/mol. The first-order chi connectivity index (χ1) is 11.5. The van der Waals surface area contributed by atoms with Crippen molar-refractivity contribution in [2.45, 2.75) is 71.1 Å². The number of hydrogen-bond donors (Lipinski definition) is 4. The van der Waals surface area contributed by atoms with Gasteiger partial charge in [-0.2, -0.15) is 0 Å². The number of aliphatic hydroxyl groups excluding tert-OH is 4. The zero-order valence-corrected chi connectivity index (χ0v) is 15.5. The number of aliphatic hydroxyl groups is 4. The summed E-state index contributed by atoms with van der Waals surface area (Å²) in [7, 11) is 1.00. The maximum absolute atomic E-state index is 10.3. The maximum Gasteiger partial charge on any atom is 0.163 e. The topological polar surface area (TPSA) is 99.4 Å². The van der Waals surface area contributed by atoms with Gasteiger partial charge in [0.1, 0.15) is 0 Å². The van der Waals surface area contributed by atoms with Gasteiger partial charge in [0.05, 0.1) is 18.3 Å². The highest BCUT2D eigenvalue weighted by molar-refractivity contribution is 4.88. The quantitative estimate of drug-likeness (QED) is 0.446. The third kappa shape index (κ3) is 8.05. The second-order valence-electron chi connectivity index (χ2n) is 6.26. The lowest BCUT2D eigenvalue weighted by molar-refractivity contribution is -0.178. The molecule has 4 N–H and O–H groups in total. The summed E-state index contributed by atoms with van der Waals surface area (Å²) in [5, 5.41) is 35.4. The highest BCUT2D eigenvalue weighted by Gasteiger charge is 2.43. The highest BCUT2D eigenvalue weighted by Crippen LogP contribution is 2.34. The van der Waals surface area contributed by atoms with Gasteiger partial charge in [0.15, 0.2) is 6.29 Å². The molecule has 0 aromatic rings. The number of allylic oxidation sites excluding steroid dienone is 2. The fourth-order valence-electron chi connectivity index (χ4n) is 3.14. The van der Waals surface area contributed by atoms with Crippen LogP contribution in [0.4, 0.5) is 0 Å². The first kappa shape index (κ1) is 23.5. The van der Waals surface area contributed by atoms with Crippen LogP contribution in [0.5, 0.6) is 0 Å². The van der Waals surface area contributed by atoms with Crippen LogP contribution in [0.1, 0.15) is 46.5 Å². The molecule has 0 aliphatic carbocycles. The van der Waals surface area contributed by atoms with Crippen molar-refractivity contribution in [1.82, 2.24) is 0 Å². The highest BCUT2D eigenvalue weighted by atomic mass is 16.7. The zero-order valence-electron chi connectivity index (χ0n) is 15.5. The van der Waals surface area contributed by atoms with E-state index in [1.807, 2.05) is 19.9 Å². The molecule has 0 aromatic heterocycles. The van der Waals surface area contributed by atoms with Crippen LogP contribution in [0, 0.1) is 11.8 Å². The molecule has 1 rings (SSSR count). The van der Waals surface area contributed by atoms with Crippen molar-refractivity contribution in [3.8, 4) is 0 Å². The second kappa shape index (κ2) is 13.8. The lowest BCUT2D eigenvalue weighted by Gasteiger charge is -2.25. The van der Waals surface area contributed by atoms with Crippen LogP contribution >= 0.6 is 0 Å². The van der Waals surface area contributed by atoms with E-state index >= 15 is 0 Å². The molecule has 1 heterocycles. The Bertz CT molecular complexity index is 323. The largest absolute Gasteiger partial charge is 0.400 e. The minimum atomic E-state index is -0.649. The number of hydrogen-bond acceptors (Lipinski definition) is 6. The van der Waals surface area contributed by atoms with E-state index in [-0.39, 0.29) is 31.3 Å². The van der Waals surface area contributed by atoms with E-state index in [0.717, 1.165) is 13.5 Å². The maximum atomic E-state index is 10.3. The van der Waals surface area contributed by atoms with Crippen molar-refractivity contribution < 1.29 is 29.9 Å². The van der Waals surface area contributed by atoms with E-state index in [1.54, 1.807) is 0 Å². The van der Waals surface area contributed by atoms with Crippen molar-refractivity contribution in [2.24, 2.45) is 11.8 Å². The van der Waals surface area contributed by atoms with Crippen LogP contribution in [-0.2, 0) is 9.47 Å². The normalized spacial score (nSPS) is 29.3. The van der Waals surface area contributed by atoms with Gasteiger partial charge >= 0.3 is 0 Å². The molecule has 144 valence electrons. The molecule has 6 unspecified atom stereocenters. The van der Waals surface area contributed by atoms with Crippen molar-refractivity contribution in [3.05, 3.63) is 12.2 Å². The minimum absolute atomic E-state index is 0.0188. The van der Waals surface area contributed by atoms with Crippen molar-refractivity contribution >= 4 is 0 Å². The Morgan fingerprint density at radius 3 is 2.33 bits per heavy atom. The van der Waals surface area contributed by atoms with Crippen molar-refractivity contribution in [3.63, 3.8) is 0 Å². The van der Waals surface area contributed by atoms with Gasteiger partial charge in [-0.15, -0.1) is 0 Å².